The van der Waals surface area contributed by atoms with Crippen molar-refractivity contribution in [2.24, 2.45) is 0 Å². The summed E-state index contributed by atoms with van der Waals surface area (Å²) >= 11 is 0. The van der Waals surface area contributed by atoms with Crippen molar-refractivity contribution in [3.8, 4) is 11.5 Å². The van der Waals surface area contributed by atoms with Crippen LogP contribution in [0.5, 0.6) is 11.5 Å². The second-order valence-electron chi connectivity index (χ2n) is 7.61. The molecule has 0 atom stereocenters. The van der Waals surface area contributed by atoms with Crippen LogP contribution in [0.4, 0.5) is 0 Å². The molecule has 1 heterocycles. The molecule has 1 saturated heterocycles. The van der Waals surface area contributed by atoms with Crippen LogP contribution in [0, 0.1) is 0 Å². The number of hydrogen-bond donors (Lipinski definition) is 0. The third kappa shape index (κ3) is 3.87. The van der Waals surface area contributed by atoms with E-state index >= 15 is 0 Å². The van der Waals surface area contributed by atoms with Crippen LogP contribution in [0.2, 0.25) is 0 Å². The van der Waals surface area contributed by atoms with Gasteiger partial charge >= 0.3 is 7.12 Å². The number of carbonyl (C=O) groups is 1. The summed E-state index contributed by atoms with van der Waals surface area (Å²) in [6, 6.07) is 13.2. The van der Waals surface area contributed by atoms with Crippen LogP contribution in [0.1, 0.15) is 43.6 Å². The van der Waals surface area contributed by atoms with Gasteiger partial charge in [0.25, 0.3) is 0 Å². The highest BCUT2D eigenvalue weighted by atomic mass is 16.7. The molecule has 27 heavy (non-hydrogen) atoms. The van der Waals surface area contributed by atoms with Gasteiger partial charge < -0.3 is 18.8 Å². The van der Waals surface area contributed by atoms with Crippen molar-refractivity contribution in [1.29, 1.82) is 0 Å². The molecule has 1 fully saturated rings. The molecule has 0 unspecified atom stereocenters. The van der Waals surface area contributed by atoms with Crippen LogP contribution >= 0.6 is 0 Å². The zero-order chi connectivity index (χ0) is 19.7. The highest BCUT2D eigenvalue weighted by molar-refractivity contribution is 6.63. The molecule has 0 amide bonds. The summed E-state index contributed by atoms with van der Waals surface area (Å²) in [5.74, 6) is 1.02. The van der Waals surface area contributed by atoms with E-state index in [0.29, 0.717) is 29.1 Å². The number of benzene rings is 2. The first kappa shape index (κ1) is 19.5. The zero-order valence-electron chi connectivity index (χ0n) is 16.4. The zero-order valence-corrected chi connectivity index (χ0v) is 16.4. The normalized spacial score (nSPS) is 17.6. The van der Waals surface area contributed by atoms with Crippen LogP contribution in [0.25, 0.3) is 0 Å². The third-order valence-corrected chi connectivity index (χ3v) is 5.23. The molecule has 6 heteroatoms. The number of rotatable bonds is 6. The Morgan fingerprint density at radius 2 is 1.63 bits per heavy atom. The second-order valence-corrected chi connectivity index (χ2v) is 7.61. The number of aldehydes is 1. The molecule has 0 saturated carbocycles. The van der Waals surface area contributed by atoms with Crippen LogP contribution < -0.4 is 14.9 Å². The van der Waals surface area contributed by atoms with Crippen molar-refractivity contribution < 1.29 is 23.6 Å². The molecule has 3 rings (SSSR count). The average molecular weight is 368 g/mol. The van der Waals surface area contributed by atoms with Gasteiger partial charge in [-0.3, -0.25) is 4.79 Å². The van der Waals surface area contributed by atoms with Crippen LogP contribution in [0.3, 0.4) is 0 Å². The average Bonchev–Trinajstić information content (AvgIpc) is 2.87. The predicted molar refractivity (Wildman–Crippen MR) is 105 cm³/mol. The van der Waals surface area contributed by atoms with Crippen LogP contribution in [-0.2, 0) is 15.9 Å². The summed E-state index contributed by atoms with van der Waals surface area (Å²) in [7, 11) is 0.956. The lowest BCUT2D eigenvalue weighted by Gasteiger charge is -2.32. The largest absolute Gasteiger partial charge is 0.498 e. The molecule has 0 radical (unpaired) electrons. The smallest absolute Gasteiger partial charge is 0.497 e. The first-order chi connectivity index (χ1) is 12.8. The molecule has 0 bridgehead atoms. The van der Waals surface area contributed by atoms with Crippen molar-refractivity contribution in [2.75, 3.05) is 7.11 Å². The molecule has 0 aromatic heterocycles. The van der Waals surface area contributed by atoms with Crippen LogP contribution in [-0.4, -0.2) is 31.7 Å². The van der Waals surface area contributed by atoms with E-state index in [0.717, 1.165) is 11.8 Å². The Kier molecular flexibility index (Phi) is 5.31. The molecule has 2 aromatic carbocycles. The molecule has 0 N–H and O–H groups in total. The lowest BCUT2D eigenvalue weighted by molar-refractivity contribution is 0.00578. The molecule has 142 valence electrons. The van der Waals surface area contributed by atoms with E-state index in [1.807, 2.05) is 58.0 Å². The Morgan fingerprint density at radius 3 is 2.19 bits per heavy atom. The molecule has 0 aliphatic carbocycles. The van der Waals surface area contributed by atoms with E-state index in [1.165, 1.54) is 0 Å². The molecular formula is C21H25BO5. The Balaban J connectivity index is 1.90. The van der Waals surface area contributed by atoms with Gasteiger partial charge in [0.05, 0.1) is 23.9 Å². The molecule has 1 aliphatic heterocycles. The van der Waals surface area contributed by atoms with Gasteiger partial charge in [-0.15, -0.1) is 0 Å². The maximum atomic E-state index is 11.7. The fourth-order valence-electron chi connectivity index (χ4n) is 2.88. The third-order valence-electron chi connectivity index (χ3n) is 5.23. The van der Waals surface area contributed by atoms with Crippen molar-refractivity contribution in [1.82, 2.24) is 0 Å². The minimum Gasteiger partial charge on any atom is -0.497 e. The maximum absolute atomic E-state index is 11.7. The second kappa shape index (κ2) is 7.37. The van der Waals surface area contributed by atoms with E-state index in [1.54, 1.807) is 19.2 Å². The Morgan fingerprint density at radius 1 is 1.00 bits per heavy atom. The number of methoxy groups -OCH3 is 1. The van der Waals surface area contributed by atoms with Gasteiger partial charge in [-0.1, -0.05) is 30.3 Å². The molecule has 2 aromatic rings. The van der Waals surface area contributed by atoms with Gasteiger partial charge in [0, 0.05) is 11.5 Å². The van der Waals surface area contributed by atoms with Gasteiger partial charge in [-0.05, 0) is 39.3 Å². The monoisotopic (exact) mass is 368 g/mol. The summed E-state index contributed by atoms with van der Waals surface area (Å²) in [4.78, 5) is 11.7. The Hall–Kier alpha value is -2.31. The van der Waals surface area contributed by atoms with Gasteiger partial charge in [-0.25, -0.2) is 0 Å². The summed E-state index contributed by atoms with van der Waals surface area (Å²) in [6.07, 6.45) is 0.772. The lowest BCUT2D eigenvalue weighted by Crippen LogP contribution is -2.41. The summed E-state index contributed by atoms with van der Waals surface area (Å²) < 4.78 is 23.6. The van der Waals surface area contributed by atoms with Crippen molar-refractivity contribution in [3.05, 3.63) is 53.6 Å². The molecule has 5 nitrogen and oxygen atoms in total. The first-order valence-corrected chi connectivity index (χ1v) is 8.97. The minimum atomic E-state index is -0.619. The highest BCUT2D eigenvalue weighted by Crippen LogP contribution is 2.37. The maximum Gasteiger partial charge on any atom is 0.498 e. The standard InChI is InChI=1S/C21H25BO5/c1-20(2)21(3,4)27-22(26-20)17-11-16(13-23)18(12-19(17)24-5)25-14-15-9-7-6-8-10-15/h6-13H,14H2,1-5H3. The SMILES string of the molecule is COc1cc(OCc2ccccc2)c(C=O)cc1B1OC(C)(C)C(C)(C)O1. The Labute approximate surface area is 160 Å². The molecular weight excluding hydrogens is 343 g/mol. The number of hydrogen-bond acceptors (Lipinski definition) is 5. The van der Waals surface area contributed by atoms with Gasteiger partial charge in [0.1, 0.15) is 18.1 Å². The quantitative estimate of drug-likeness (QED) is 0.578. The van der Waals surface area contributed by atoms with E-state index in [4.69, 9.17) is 18.8 Å². The fraction of sp³-hybridized carbons (Fsp3) is 0.381. The summed E-state index contributed by atoms with van der Waals surface area (Å²) in [6.45, 7) is 8.30. The van der Waals surface area contributed by atoms with Crippen molar-refractivity contribution >= 4 is 18.9 Å². The Bertz CT molecular complexity index is 801. The highest BCUT2D eigenvalue weighted by Gasteiger charge is 2.52. The molecule has 0 spiro atoms. The molecule has 1 aliphatic rings. The number of ether oxygens (including phenoxy) is 2. The first-order valence-electron chi connectivity index (χ1n) is 8.97. The van der Waals surface area contributed by atoms with Gasteiger partial charge in [-0.2, -0.15) is 0 Å². The summed E-state index contributed by atoms with van der Waals surface area (Å²) in [5, 5.41) is 0. The number of carbonyl (C=O) groups excluding carboxylic acids is 1. The van der Waals surface area contributed by atoms with Gasteiger partial charge in [0.2, 0.25) is 0 Å². The van der Waals surface area contributed by atoms with E-state index in [2.05, 4.69) is 0 Å². The van der Waals surface area contributed by atoms with E-state index in [-0.39, 0.29) is 0 Å². The summed E-state index contributed by atoms with van der Waals surface area (Å²) in [5.41, 5.74) is 1.16. The van der Waals surface area contributed by atoms with Gasteiger partial charge in [0.15, 0.2) is 6.29 Å². The van der Waals surface area contributed by atoms with E-state index in [9.17, 15) is 4.79 Å². The predicted octanol–water partition coefficient (Wildman–Crippen LogP) is 3.39. The lowest BCUT2D eigenvalue weighted by atomic mass is 9.77. The fourth-order valence-corrected chi connectivity index (χ4v) is 2.88. The minimum absolute atomic E-state index is 0.362. The van der Waals surface area contributed by atoms with Crippen molar-refractivity contribution in [3.63, 3.8) is 0 Å². The van der Waals surface area contributed by atoms with E-state index < -0.39 is 18.3 Å². The van der Waals surface area contributed by atoms with Crippen LogP contribution in [0.15, 0.2) is 42.5 Å². The van der Waals surface area contributed by atoms with Crippen molar-refractivity contribution in [2.45, 2.75) is 45.5 Å². The topological polar surface area (TPSA) is 54.0 Å².